The number of allylic oxidation sites excluding steroid dienone is 2. The van der Waals surface area contributed by atoms with E-state index in [2.05, 4.69) is 6.58 Å². The lowest BCUT2D eigenvalue weighted by molar-refractivity contribution is -0.117. The summed E-state index contributed by atoms with van der Waals surface area (Å²) in [5.74, 6) is 1.00. The van der Waals surface area contributed by atoms with Crippen molar-refractivity contribution in [1.82, 2.24) is 0 Å². The minimum Gasteiger partial charge on any atom is -0.486 e. The molecule has 2 nitrogen and oxygen atoms in total. The van der Waals surface area contributed by atoms with Gasteiger partial charge in [0.15, 0.2) is 11.5 Å². The van der Waals surface area contributed by atoms with Gasteiger partial charge in [-0.25, -0.2) is 0 Å². The summed E-state index contributed by atoms with van der Waals surface area (Å²) in [6.45, 7) is 5.53. The van der Waals surface area contributed by atoms with Crippen molar-refractivity contribution in [3.8, 4) is 0 Å². The average molecular weight is 178 g/mol. The predicted octanol–water partition coefficient (Wildman–Crippen LogP) is 2.21. The van der Waals surface area contributed by atoms with Crippen LogP contribution in [0.5, 0.6) is 0 Å². The first-order chi connectivity index (χ1) is 6.16. The molecule has 2 aliphatic rings. The van der Waals surface area contributed by atoms with Gasteiger partial charge in [-0.2, -0.15) is 0 Å². The molecule has 0 spiro atoms. The largest absolute Gasteiger partial charge is 0.486 e. The molecule has 2 atom stereocenters. The van der Waals surface area contributed by atoms with Gasteiger partial charge >= 0.3 is 0 Å². The molecule has 0 aromatic carbocycles. The maximum Gasteiger partial charge on any atom is 0.193 e. The van der Waals surface area contributed by atoms with Crippen LogP contribution >= 0.6 is 0 Å². The smallest absolute Gasteiger partial charge is 0.193 e. The van der Waals surface area contributed by atoms with Crippen molar-refractivity contribution in [2.45, 2.75) is 32.3 Å². The molecule has 0 saturated heterocycles. The fourth-order valence-electron chi connectivity index (χ4n) is 2.04. The third-order valence-corrected chi connectivity index (χ3v) is 2.78. The molecule has 0 aromatic rings. The van der Waals surface area contributed by atoms with E-state index in [9.17, 15) is 4.79 Å². The van der Waals surface area contributed by atoms with Gasteiger partial charge in [0.2, 0.25) is 0 Å². The predicted molar refractivity (Wildman–Crippen MR) is 50.1 cm³/mol. The lowest BCUT2D eigenvalue weighted by atomic mass is 9.85. The van der Waals surface area contributed by atoms with E-state index in [1.807, 2.05) is 6.08 Å². The monoisotopic (exact) mass is 178 g/mol. The number of fused-ring (bicyclic) bond motifs is 1. The van der Waals surface area contributed by atoms with Crippen molar-refractivity contribution < 1.29 is 9.53 Å². The number of ether oxygens (including phenoxy) is 1. The summed E-state index contributed by atoms with van der Waals surface area (Å²) in [5, 5.41) is 0. The van der Waals surface area contributed by atoms with Crippen LogP contribution in [0, 0.1) is 5.92 Å². The van der Waals surface area contributed by atoms with Crippen molar-refractivity contribution >= 4 is 5.78 Å². The first-order valence-electron chi connectivity index (χ1n) is 4.73. The normalized spacial score (nSPS) is 32.1. The summed E-state index contributed by atoms with van der Waals surface area (Å²) in [7, 11) is 0. The van der Waals surface area contributed by atoms with Gasteiger partial charge in [0.25, 0.3) is 0 Å². The Morgan fingerprint density at radius 1 is 1.69 bits per heavy atom. The molecule has 1 heterocycles. The minimum atomic E-state index is 0.0417. The Bertz CT molecular complexity index is 288. The Balaban J connectivity index is 2.12. The molecular weight excluding hydrogens is 164 g/mol. The second kappa shape index (κ2) is 3.02. The standard InChI is InChI=1S/C11H14O2/c1-7-3-4-10-9(5-7)6-11(13-10)8(2)12/h6,9-10H,1,3-5H2,2H3. The summed E-state index contributed by atoms with van der Waals surface area (Å²) >= 11 is 0. The van der Waals surface area contributed by atoms with E-state index in [0.717, 1.165) is 19.3 Å². The maximum atomic E-state index is 11.1. The number of Topliss-reactive ketones (excluding diaryl/α,β-unsaturated/α-hetero) is 1. The highest BCUT2D eigenvalue weighted by atomic mass is 16.5. The Labute approximate surface area is 78.3 Å². The number of carbonyl (C=O) groups excluding carboxylic acids is 1. The second-order valence-corrected chi connectivity index (χ2v) is 3.90. The Hall–Kier alpha value is -1.05. The molecule has 1 saturated carbocycles. The van der Waals surface area contributed by atoms with Gasteiger partial charge in [-0.15, -0.1) is 0 Å². The van der Waals surface area contributed by atoms with E-state index in [-0.39, 0.29) is 11.9 Å². The Morgan fingerprint density at radius 2 is 2.46 bits per heavy atom. The SMILES string of the molecule is C=C1CCC2OC(C(C)=O)=CC2C1. The van der Waals surface area contributed by atoms with Gasteiger partial charge in [-0.3, -0.25) is 4.79 Å². The van der Waals surface area contributed by atoms with E-state index >= 15 is 0 Å². The average Bonchev–Trinajstić information content (AvgIpc) is 2.46. The third-order valence-electron chi connectivity index (χ3n) is 2.78. The fourth-order valence-corrected chi connectivity index (χ4v) is 2.04. The van der Waals surface area contributed by atoms with Gasteiger partial charge in [0.05, 0.1) is 0 Å². The molecule has 0 radical (unpaired) electrons. The van der Waals surface area contributed by atoms with E-state index in [1.165, 1.54) is 5.57 Å². The van der Waals surface area contributed by atoms with E-state index in [0.29, 0.717) is 11.7 Å². The summed E-state index contributed by atoms with van der Waals surface area (Å²) in [6, 6.07) is 0. The topological polar surface area (TPSA) is 26.3 Å². The van der Waals surface area contributed by atoms with Crippen LogP contribution in [0.15, 0.2) is 24.0 Å². The van der Waals surface area contributed by atoms with E-state index in [1.54, 1.807) is 6.92 Å². The second-order valence-electron chi connectivity index (χ2n) is 3.90. The molecule has 70 valence electrons. The number of carbonyl (C=O) groups is 1. The van der Waals surface area contributed by atoms with Crippen LogP contribution in [-0.2, 0) is 9.53 Å². The van der Waals surface area contributed by atoms with E-state index in [4.69, 9.17) is 4.74 Å². The number of hydrogen-bond acceptors (Lipinski definition) is 2. The third kappa shape index (κ3) is 1.53. The van der Waals surface area contributed by atoms with Crippen LogP contribution in [-0.4, -0.2) is 11.9 Å². The van der Waals surface area contributed by atoms with Crippen LogP contribution < -0.4 is 0 Å². The van der Waals surface area contributed by atoms with Crippen LogP contribution in [0.2, 0.25) is 0 Å². The Kier molecular flexibility index (Phi) is 1.98. The quantitative estimate of drug-likeness (QED) is 0.575. The number of rotatable bonds is 1. The molecular formula is C11H14O2. The molecule has 0 bridgehead atoms. The molecule has 1 fully saturated rings. The summed E-state index contributed by atoms with van der Waals surface area (Å²) in [4.78, 5) is 11.1. The van der Waals surface area contributed by atoms with Gasteiger partial charge in [0.1, 0.15) is 6.10 Å². The molecule has 2 heteroatoms. The van der Waals surface area contributed by atoms with Crippen molar-refractivity contribution in [1.29, 1.82) is 0 Å². The molecule has 2 rings (SSSR count). The van der Waals surface area contributed by atoms with Crippen LogP contribution in [0.1, 0.15) is 26.2 Å². The molecule has 0 aromatic heterocycles. The van der Waals surface area contributed by atoms with Gasteiger partial charge < -0.3 is 4.74 Å². The highest BCUT2D eigenvalue weighted by Gasteiger charge is 2.33. The van der Waals surface area contributed by atoms with Gasteiger partial charge in [-0.05, 0) is 25.3 Å². The number of hydrogen-bond donors (Lipinski definition) is 0. The van der Waals surface area contributed by atoms with Gasteiger partial charge in [-0.1, -0.05) is 12.2 Å². The zero-order chi connectivity index (χ0) is 9.42. The zero-order valence-corrected chi connectivity index (χ0v) is 7.88. The summed E-state index contributed by atoms with van der Waals surface area (Å²) in [5.41, 5.74) is 1.28. The first-order valence-corrected chi connectivity index (χ1v) is 4.73. The highest BCUT2D eigenvalue weighted by molar-refractivity contribution is 5.91. The van der Waals surface area contributed by atoms with Gasteiger partial charge in [0, 0.05) is 12.8 Å². The zero-order valence-electron chi connectivity index (χ0n) is 7.88. The molecule has 1 aliphatic carbocycles. The van der Waals surface area contributed by atoms with Crippen molar-refractivity contribution in [2.75, 3.05) is 0 Å². The number of ketones is 1. The fraction of sp³-hybridized carbons (Fsp3) is 0.545. The molecule has 1 aliphatic heterocycles. The van der Waals surface area contributed by atoms with Crippen LogP contribution in [0.4, 0.5) is 0 Å². The lowest BCUT2D eigenvalue weighted by Crippen LogP contribution is -2.22. The molecule has 0 amide bonds. The maximum absolute atomic E-state index is 11.1. The highest BCUT2D eigenvalue weighted by Crippen LogP contribution is 2.37. The summed E-state index contributed by atoms with van der Waals surface area (Å²) < 4.78 is 5.55. The lowest BCUT2D eigenvalue weighted by Gasteiger charge is -2.25. The van der Waals surface area contributed by atoms with Crippen molar-refractivity contribution in [3.63, 3.8) is 0 Å². The molecule has 0 N–H and O–H groups in total. The Morgan fingerprint density at radius 3 is 3.15 bits per heavy atom. The van der Waals surface area contributed by atoms with Crippen molar-refractivity contribution in [2.24, 2.45) is 5.92 Å². The van der Waals surface area contributed by atoms with Crippen LogP contribution in [0.25, 0.3) is 0 Å². The summed E-state index contributed by atoms with van der Waals surface area (Å²) in [6.07, 6.45) is 5.25. The van der Waals surface area contributed by atoms with Crippen LogP contribution in [0.3, 0.4) is 0 Å². The first kappa shape index (κ1) is 8.54. The minimum absolute atomic E-state index is 0.0417. The van der Waals surface area contributed by atoms with Crippen molar-refractivity contribution in [3.05, 3.63) is 24.0 Å². The molecule has 13 heavy (non-hydrogen) atoms. The van der Waals surface area contributed by atoms with E-state index < -0.39 is 0 Å². The molecule has 2 unspecified atom stereocenters.